The van der Waals surface area contributed by atoms with Crippen molar-refractivity contribution in [1.82, 2.24) is 10.2 Å². The number of nitrogens with one attached hydrogen (secondary N) is 1. The molecular weight excluding hydrogens is 196 g/mol. The quantitative estimate of drug-likeness (QED) is 0.783. The zero-order chi connectivity index (χ0) is 11.4. The van der Waals surface area contributed by atoms with Gasteiger partial charge in [0.25, 0.3) is 0 Å². The van der Waals surface area contributed by atoms with Crippen molar-refractivity contribution in [3.8, 4) is 0 Å². The van der Waals surface area contributed by atoms with E-state index in [9.17, 15) is 0 Å². The Hall–Kier alpha value is -0.600. The summed E-state index contributed by atoms with van der Waals surface area (Å²) in [6.45, 7) is 6.08. The van der Waals surface area contributed by atoms with Crippen molar-refractivity contribution in [1.29, 1.82) is 0 Å². The highest BCUT2D eigenvalue weighted by Crippen LogP contribution is 2.20. The van der Waals surface area contributed by atoms with Crippen LogP contribution in [0.25, 0.3) is 0 Å². The molecule has 0 amide bonds. The predicted molar refractivity (Wildman–Crippen MR) is 69.5 cm³/mol. The van der Waals surface area contributed by atoms with Crippen molar-refractivity contribution in [3.63, 3.8) is 0 Å². The summed E-state index contributed by atoms with van der Waals surface area (Å²) in [5.41, 5.74) is 0. The van der Waals surface area contributed by atoms with Gasteiger partial charge in [-0.2, -0.15) is 0 Å². The molecule has 0 aromatic carbocycles. The second-order valence-corrected chi connectivity index (χ2v) is 5.23. The fourth-order valence-corrected chi connectivity index (χ4v) is 2.78. The maximum atomic E-state index is 3.45. The number of likely N-dealkylation sites (N-methyl/N-ethyl adjacent to an activating group) is 1. The van der Waals surface area contributed by atoms with Crippen molar-refractivity contribution in [2.45, 2.75) is 25.8 Å². The van der Waals surface area contributed by atoms with Gasteiger partial charge in [-0.05, 0) is 38.3 Å². The highest BCUT2D eigenvalue weighted by atomic mass is 15.2. The van der Waals surface area contributed by atoms with Crippen molar-refractivity contribution in [2.75, 3.05) is 26.7 Å². The lowest BCUT2D eigenvalue weighted by atomic mass is 9.92. The van der Waals surface area contributed by atoms with Crippen LogP contribution in [0.3, 0.4) is 0 Å². The van der Waals surface area contributed by atoms with Crippen LogP contribution in [-0.2, 0) is 0 Å². The van der Waals surface area contributed by atoms with Gasteiger partial charge in [0.05, 0.1) is 0 Å². The summed E-state index contributed by atoms with van der Waals surface area (Å²) in [4.78, 5) is 2.62. The molecule has 1 aliphatic heterocycles. The molecular formula is C14H24N2. The third-order valence-electron chi connectivity index (χ3n) is 3.98. The van der Waals surface area contributed by atoms with Crippen LogP contribution in [0, 0.1) is 11.8 Å². The van der Waals surface area contributed by atoms with E-state index in [1.54, 1.807) is 0 Å². The molecule has 0 aromatic heterocycles. The van der Waals surface area contributed by atoms with E-state index in [-0.39, 0.29) is 0 Å². The Morgan fingerprint density at radius 3 is 2.94 bits per heavy atom. The van der Waals surface area contributed by atoms with Gasteiger partial charge in [0.2, 0.25) is 0 Å². The second-order valence-electron chi connectivity index (χ2n) is 5.23. The van der Waals surface area contributed by atoms with Gasteiger partial charge < -0.3 is 10.2 Å². The van der Waals surface area contributed by atoms with E-state index in [1.165, 1.54) is 32.5 Å². The lowest BCUT2D eigenvalue weighted by molar-refractivity contribution is 0.142. The van der Waals surface area contributed by atoms with E-state index in [0.29, 0.717) is 6.04 Å². The average molecular weight is 220 g/mol. The molecule has 2 aliphatic rings. The first-order valence-electron chi connectivity index (χ1n) is 6.52. The molecule has 90 valence electrons. The van der Waals surface area contributed by atoms with Gasteiger partial charge in [-0.15, -0.1) is 0 Å². The summed E-state index contributed by atoms with van der Waals surface area (Å²) in [5, 5.41) is 3.45. The van der Waals surface area contributed by atoms with Crippen LogP contribution in [0.2, 0.25) is 0 Å². The van der Waals surface area contributed by atoms with Gasteiger partial charge >= 0.3 is 0 Å². The average Bonchev–Trinajstić information content (AvgIpc) is 2.33. The molecule has 0 bridgehead atoms. The van der Waals surface area contributed by atoms with Crippen LogP contribution >= 0.6 is 0 Å². The van der Waals surface area contributed by atoms with Crippen molar-refractivity contribution in [3.05, 3.63) is 24.3 Å². The summed E-state index contributed by atoms with van der Waals surface area (Å²) < 4.78 is 0. The zero-order valence-corrected chi connectivity index (χ0v) is 10.5. The fourth-order valence-electron chi connectivity index (χ4n) is 2.78. The number of likely N-dealkylation sites (tertiary alicyclic amines) is 1. The third-order valence-corrected chi connectivity index (χ3v) is 3.98. The topological polar surface area (TPSA) is 15.3 Å². The van der Waals surface area contributed by atoms with Crippen LogP contribution in [0.4, 0.5) is 0 Å². The summed E-state index contributed by atoms with van der Waals surface area (Å²) in [6.07, 6.45) is 11.5. The number of hydrogen-bond donors (Lipinski definition) is 1. The Balaban J connectivity index is 1.82. The first-order valence-corrected chi connectivity index (χ1v) is 6.52. The highest BCUT2D eigenvalue weighted by molar-refractivity contribution is 5.11. The first-order chi connectivity index (χ1) is 7.79. The molecule has 16 heavy (non-hydrogen) atoms. The van der Waals surface area contributed by atoms with Crippen LogP contribution in [0.5, 0.6) is 0 Å². The van der Waals surface area contributed by atoms with Gasteiger partial charge in [-0.3, -0.25) is 0 Å². The molecule has 2 nitrogen and oxygen atoms in total. The van der Waals surface area contributed by atoms with Gasteiger partial charge in [-0.1, -0.05) is 31.2 Å². The molecule has 1 N–H and O–H groups in total. The standard InChI is InChI=1S/C14H24N2/c1-12-8-9-16(11-14(12)15-2)10-13-6-4-3-5-7-13/h3-6,12-15H,7-11H2,1-2H3. The lowest BCUT2D eigenvalue weighted by Gasteiger charge is -2.38. The van der Waals surface area contributed by atoms with Crippen LogP contribution in [0.15, 0.2) is 24.3 Å². The largest absolute Gasteiger partial charge is 0.315 e. The molecule has 0 radical (unpaired) electrons. The molecule has 3 atom stereocenters. The maximum Gasteiger partial charge on any atom is 0.0218 e. The minimum Gasteiger partial charge on any atom is -0.315 e. The lowest BCUT2D eigenvalue weighted by Crippen LogP contribution is -2.50. The summed E-state index contributed by atoms with van der Waals surface area (Å²) in [6, 6.07) is 0.678. The molecule has 1 aliphatic carbocycles. The van der Waals surface area contributed by atoms with Gasteiger partial charge in [0.1, 0.15) is 0 Å². The van der Waals surface area contributed by atoms with E-state index < -0.39 is 0 Å². The number of allylic oxidation sites excluding steroid dienone is 3. The number of nitrogens with zero attached hydrogens (tertiary/aromatic N) is 1. The minimum atomic E-state index is 0.678. The monoisotopic (exact) mass is 220 g/mol. The third kappa shape index (κ3) is 2.96. The molecule has 0 saturated carbocycles. The highest BCUT2D eigenvalue weighted by Gasteiger charge is 2.25. The SMILES string of the molecule is CNC1CN(CC2C=CC=CC2)CCC1C. The van der Waals surface area contributed by atoms with E-state index in [4.69, 9.17) is 0 Å². The number of piperidine rings is 1. The fraction of sp³-hybridized carbons (Fsp3) is 0.714. The Morgan fingerprint density at radius 1 is 1.38 bits per heavy atom. The van der Waals surface area contributed by atoms with E-state index in [1.807, 2.05) is 0 Å². The molecule has 0 aromatic rings. The van der Waals surface area contributed by atoms with Crippen molar-refractivity contribution < 1.29 is 0 Å². The van der Waals surface area contributed by atoms with Gasteiger partial charge in [0, 0.05) is 19.1 Å². The molecule has 3 unspecified atom stereocenters. The Labute approximate surface area is 99.4 Å². The Morgan fingerprint density at radius 2 is 2.25 bits per heavy atom. The first kappa shape index (κ1) is 11.9. The van der Waals surface area contributed by atoms with Crippen LogP contribution in [-0.4, -0.2) is 37.6 Å². The van der Waals surface area contributed by atoms with E-state index in [0.717, 1.165) is 11.8 Å². The normalized spacial score (nSPS) is 35.5. The minimum absolute atomic E-state index is 0.678. The Bertz CT molecular complexity index is 270. The van der Waals surface area contributed by atoms with Crippen molar-refractivity contribution in [2.24, 2.45) is 11.8 Å². The smallest absolute Gasteiger partial charge is 0.0218 e. The van der Waals surface area contributed by atoms with Gasteiger partial charge in [-0.25, -0.2) is 0 Å². The van der Waals surface area contributed by atoms with Crippen LogP contribution < -0.4 is 5.32 Å². The molecule has 1 heterocycles. The van der Waals surface area contributed by atoms with Crippen LogP contribution in [0.1, 0.15) is 19.8 Å². The summed E-state index contributed by atoms with van der Waals surface area (Å²) >= 11 is 0. The number of rotatable bonds is 3. The van der Waals surface area contributed by atoms with Gasteiger partial charge in [0.15, 0.2) is 0 Å². The molecule has 2 rings (SSSR count). The Kier molecular flexibility index (Phi) is 4.19. The predicted octanol–water partition coefficient (Wildman–Crippen LogP) is 2.05. The van der Waals surface area contributed by atoms with E-state index >= 15 is 0 Å². The van der Waals surface area contributed by atoms with E-state index in [2.05, 4.69) is 48.5 Å². The summed E-state index contributed by atoms with van der Waals surface area (Å²) in [5.74, 6) is 1.55. The molecule has 1 fully saturated rings. The number of hydrogen-bond acceptors (Lipinski definition) is 2. The molecule has 1 saturated heterocycles. The maximum absolute atomic E-state index is 3.45. The molecule has 2 heteroatoms. The summed E-state index contributed by atoms with van der Waals surface area (Å²) in [7, 11) is 2.09. The second kappa shape index (κ2) is 5.65. The van der Waals surface area contributed by atoms with Crippen molar-refractivity contribution >= 4 is 0 Å². The molecule has 0 spiro atoms. The zero-order valence-electron chi connectivity index (χ0n) is 10.5.